The van der Waals surface area contributed by atoms with Crippen molar-refractivity contribution in [2.24, 2.45) is 0 Å². The standard InChI is InChI=1S/C14H13ClFNS/c1-17-9-10-6-12(16)8-14(7-10)18-13-4-2-11(15)3-5-13/h2-8,17H,9H2,1H3. The summed E-state index contributed by atoms with van der Waals surface area (Å²) in [6, 6.07) is 12.6. The molecular weight excluding hydrogens is 269 g/mol. The van der Waals surface area contributed by atoms with Crippen LogP contribution in [0.5, 0.6) is 0 Å². The average molecular weight is 282 g/mol. The van der Waals surface area contributed by atoms with Gasteiger partial charge in [0.1, 0.15) is 5.82 Å². The Balaban J connectivity index is 2.20. The van der Waals surface area contributed by atoms with Crippen molar-refractivity contribution in [3.63, 3.8) is 0 Å². The lowest BCUT2D eigenvalue weighted by Gasteiger charge is -2.06. The first-order valence-corrected chi connectivity index (χ1v) is 6.74. The number of rotatable bonds is 4. The highest BCUT2D eigenvalue weighted by Crippen LogP contribution is 2.29. The molecule has 4 heteroatoms. The van der Waals surface area contributed by atoms with Crippen LogP contribution in [0.15, 0.2) is 52.3 Å². The smallest absolute Gasteiger partial charge is 0.124 e. The highest BCUT2D eigenvalue weighted by Gasteiger charge is 2.03. The van der Waals surface area contributed by atoms with Gasteiger partial charge in [0, 0.05) is 21.4 Å². The molecular formula is C14H13ClFNS. The Morgan fingerprint density at radius 2 is 1.83 bits per heavy atom. The molecule has 0 aromatic heterocycles. The normalized spacial score (nSPS) is 10.6. The van der Waals surface area contributed by atoms with Crippen molar-refractivity contribution in [3.05, 3.63) is 58.9 Å². The van der Waals surface area contributed by atoms with Gasteiger partial charge in [0.15, 0.2) is 0 Å². The van der Waals surface area contributed by atoms with Crippen LogP contribution in [0.2, 0.25) is 5.02 Å². The van der Waals surface area contributed by atoms with Crippen LogP contribution in [0.25, 0.3) is 0 Å². The molecule has 0 unspecified atom stereocenters. The fourth-order valence-electron chi connectivity index (χ4n) is 1.62. The van der Waals surface area contributed by atoms with E-state index in [4.69, 9.17) is 11.6 Å². The summed E-state index contributed by atoms with van der Waals surface area (Å²) in [7, 11) is 1.84. The maximum atomic E-state index is 13.5. The molecule has 0 aliphatic heterocycles. The summed E-state index contributed by atoms with van der Waals surface area (Å²) >= 11 is 7.35. The van der Waals surface area contributed by atoms with Crippen LogP contribution in [0, 0.1) is 5.82 Å². The molecule has 0 amide bonds. The molecule has 0 saturated carbocycles. The molecule has 0 bridgehead atoms. The lowest BCUT2D eigenvalue weighted by molar-refractivity contribution is 0.619. The second-order valence-electron chi connectivity index (χ2n) is 3.88. The molecule has 0 fully saturated rings. The second kappa shape index (κ2) is 6.23. The number of hydrogen-bond donors (Lipinski definition) is 1. The number of nitrogens with one attached hydrogen (secondary N) is 1. The van der Waals surface area contributed by atoms with Crippen LogP contribution in [-0.2, 0) is 6.54 Å². The predicted molar refractivity (Wildman–Crippen MR) is 74.7 cm³/mol. The zero-order chi connectivity index (χ0) is 13.0. The lowest BCUT2D eigenvalue weighted by Crippen LogP contribution is -2.05. The average Bonchev–Trinajstić information content (AvgIpc) is 2.32. The molecule has 2 rings (SSSR count). The highest BCUT2D eigenvalue weighted by molar-refractivity contribution is 7.99. The van der Waals surface area contributed by atoms with Crippen molar-refractivity contribution < 1.29 is 4.39 Å². The van der Waals surface area contributed by atoms with Gasteiger partial charge in [-0.1, -0.05) is 23.4 Å². The minimum atomic E-state index is -0.209. The Hall–Kier alpha value is -1.03. The number of benzene rings is 2. The molecule has 0 aliphatic carbocycles. The molecule has 18 heavy (non-hydrogen) atoms. The molecule has 94 valence electrons. The van der Waals surface area contributed by atoms with E-state index in [9.17, 15) is 4.39 Å². The molecule has 0 spiro atoms. The third kappa shape index (κ3) is 3.73. The minimum absolute atomic E-state index is 0.209. The minimum Gasteiger partial charge on any atom is -0.316 e. The van der Waals surface area contributed by atoms with Gasteiger partial charge < -0.3 is 5.32 Å². The number of halogens is 2. The van der Waals surface area contributed by atoms with Gasteiger partial charge in [0.25, 0.3) is 0 Å². The molecule has 2 aromatic rings. The summed E-state index contributed by atoms with van der Waals surface area (Å²) in [4.78, 5) is 1.93. The van der Waals surface area contributed by atoms with E-state index < -0.39 is 0 Å². The summed E-state index contributed by atoms with van der Waals surface area (Å²) in [5.41, 5.74) is 0.939. The third-order valence-corrected chi connectivity index (χ3v) is 3.59. The van der Waals surface area contributed by atoms with Gasteiger partial charge >= 0.3 is 0 Å². The molecule has 0 radical (unpaired) electrons. The summed E-state index contributed by atoms with van der Waals surface area (Å²) in [6.45, 7) is 0.659. The first-order valence-electron chi connectivity index (χ1n) is 5.55. The van der Waals surface area contributed by atoms with Crippen LogP contribution >= 0.6 is 23.4 Å². The molecule has 0 heterocycles. The van der Waals surface area contributed by atoms with Crippen LogP contribution in [0.3, 0.4) is 0 Å². The summed E-state index contributed by atoms with van der Waals surface area (Å²) in [5.74, 6) is -0.209. The fourth-order valence-corrected chi connectivity index (χ4v) is 2.68. The Labute approximate surface area is 115 Å². The summed E-state index contributed by atoms with van der Waals surface area (Å²) in [6.07, 6.45) is 0. The maximum absolute atomic E-state index is 13.5. The zero-order valence-electron chi connectivity index (χ0n) is 9.91. The van der Waals surface area contributed by atoms with Gasteiger partial charge in [0.2, 0.25) is 0 Å². The first kappa shape index (κ1) is 13.4. The topological polar surface area (TPSA) is 12.0 Å². The monoisotopic (exact) mass is 281 g/mol. The molecule has 0 aliphatic rings. The van der Waals surface area contributed by atoms with Crippen LogP contribution in [0.4, 0.5) is 4.39 Å². The Morgan fingerprint density at radius 3 is 2.50 bits per heavy atom. The second-order valence-corrected chi connectivity index (χ2v) is 5.46. The fraction of sp³-hybridized carbons (Fsp3) is 0.143. The van der Waals surface area contributed by atoms with E-state index >= 15 is 0 Å². The van der Waals surface area contributed by atoms with Crippen molar-refractivity contribution >= 4 is 23.4 Å². The van der Waals surface area contributed by atoms with Crippen LogP contribution in [-0.4, -0.2) is 7.05 Å². The van der Waals surface area contributed by atoms with Crippen molar-refractivity contribution in [1.82, 2.24) is 5.32 Å². The molecule has 1 N–H and O–H groups in total. The van der Waals surface area contributed by atoms with Crippen molar-refractivity contribution in [3.8, 4) is 0 Å². The van der Waals surface area contributed by atoms with Crippen molar-refractivity contribution in [2.75, 3.05) is 7.05 Å². The first-order chi connectivity index (χ1) is 8.67. The van der Waals surface area contributed by atoms with E-state index in [-0.39, 0.29) is 5.82 Å². The van der Waals surface area contributed by atoms with Gasteiger partial charge in [0.05, 0.1) is 0 Å². The van der Waals surface area contributed by atoms with Gasteiger partial charge in [-0.2, -0.15) is 0 Å². The molecule has 2 aromatic carbocycles. The lowest BCUT2D eigenvalue weighted by atomic mass is 10.2. The van der Waals surface area contributed by atoms with E-state index in [2.05, 4.69) is 5.32 Å². The van der Waals surface area contributed by atoms with Gasteiger partial charge in [-0.15, -0.1) is 0 Å². The van der Waals surface area contributed by atoms with Gasteiger partial charge in [-0.3, -0.25) is 0 Å². The predicted octanol–water partition coefficient (Wildman–Crippen LogP) is 4.35. The highest BCUT2D eigenvalue weighted by atomic mass is 35.5. The maximum Gasteiger partial charge on any atom is 0.124 e. The van der Waals surface area contributed by atoms with E-state index in [1.54, 1.807) is 12.1 Å². The molecule has 0 saturated heterocycles. The Bertz CT molecular complexity index is 528. The summed E-state index contributed by atoms with van der Waals surface area (Å²) < 4.78 is 13.5. The van der Waals surface area contributed by atoms with E-state index in [0.717, 1.165) is 15.4 Å². The van der Waals surface area contributed by atoms with Crippen LogP contribution < -0.4 is 5.32 Å². The Kier molecular flexibility index (Phi) is 4.64. The van der Waals surface area contributed by atoms with Crippen molar-refractivity contribution in [1.29, 1.82) is 0 Å². The van der Waals surface area contributed by atoms with E-state index in [1.165, 1.54) is 11.8 Å². The van der Waals surface area contributed by atoms with E-state index in [1.807, 2.05) is 37.4 Å². The summed E-state index contributed by atoms with van der Waals surface area (Å²) in [5, 5.41) is 3.72. The molecule has 1 nitrogen and oxygen atoms in total. The quantitative estimate of drug-likeness (QED) is 0.894. The Morgan fingerprint density at radius 1 is 1.11 bits per heavy atom. The SMILES string of the molecule is CNCc1cc(F)cc(Sc2ccc(Cl)cc2)c1. The van der Waals surface area contributed by atoms with Crippen molar-refractivity contribution in [2.45, 2.75) is 16.3 Å². The van der Waals surface area contributed by atoms with Crippen LogP contribution in [0.1, 0.15) is 5.56 Å². The molecule has 0 atom stereocenters. The largest absolute Gasteiger partial charge is 0.316 e. The van der Waals surface area contributed by atoms with E-state index in [0.29, 0.717) is 11.6 Å². The van der Waals surface area contributed by atoms with Gasteiger partial charge in [-0.05, 0) is 55.1 Å². The third-order valence-electron chi connectivity index (χ3n) is 2.36. The number of hydrogen-bond acceptors (Lipinski definition) is 2. The zero-order valence-corrected chi connectivity index (χ0v) is 11.5. The van der Waals surface area contributed by atoms with Gasteiger partial charge in [-0.25, -0.2) is 4.39 Å².